The van der Waals surface area contributed by atoms with E-state index in [-0.39, 0.29) is 23.4 Å². The zero-order valence-corrected chi connectivity index (χ0v) is 12.0. The smallest absolute Gasteiger partial charge is 0.223 e. The molecule has 0 unspecified atom stereocenters. The molecule has 1 aliphatic carbocycles. The molecule has 2 rings (SSSR count). The van der Waals surface area contributed by atoms with Gasteiger partial charge in [0.15, 0.2) is 11.6 Å². The summed E-state index contributed by atoms with van der Waals surface area (Å²) in [5, 5.41) is 2.94. The van der Waals surface area contributed by atoms with Crippen LogP contribution in [0.25, 0.3) is 0 Å². The van der Waals surface area contributed by atoms with E-state index in [9.17, 15) is 9.18 Å². The van der Waals surface area contributed by atoms with Crippen LogP contribution < -0.4 is 10.1 Å². The first-order valence-corrected chi connectivity index (χ1v) is 7.39. The van der Waals surface area contributed by atoms with Crippen molar-refractivity contribution in [3.63, 3.8) is 0 Å². The molecule has 1 aliphatic rings. The molecule has 0 atom stereocenters. The lowest BCUT2D eigenvalue weighted by Crippen LogP contribution is -2.30. The van der Waals surface area contributed by atoms with Gasteiger partial charge in [-0.3, -0.25) is 4.79 Å². The van der Waals surface area contributed by atoms with E-state index in [0.717, 1.165) is 31.2 Å². The molecular weight excluding hydrogens is 257 g/mol. The quantitative estimate of drug-likeness (QED) is 0.869. The number of hydrogen-bond donors (Lipinski definition) is 1. The fourth-order valence-corrected chi connectivity index (χ4v) is 2.63. The Hall–Kier alpha value is -1.58. The molecule has 0 aliphatic heterocycles. The Morgan fingerprint density at radius 1 is 1.40 bits per heavy atom. The minimum Gasteiger partial charge on any atom is -0.491 e. The Labute approximate surface area is 119 Å². The van der Waals surface area contributed by atoms with Crippen LogP contribution in [0.2, 0.25) is 0 Å². The molecule has 1 fully saturated rings. The van der Waals surface area contributed by atoms with Gasteiger partial charge in [-0.1, -0.05) is 18.9 Å². The number of carbonyl (C=O) groups excluding carboxylic acids is 1. The van der Waals surface area contributed by atoms with Gasteiger partial charge < -0.3 is 10.1 Å². The summed E-state index contributed by atoms with van der Waals surface area (Å²) < 4.78 is 18.8. The lowest BCUT2D eigenvalue weighted by Gasteiger charge is -2.11. The highest BCUT2D eigenvalue weighted by Crippen LogP contribution is 2.24. The van der Waals surface area contributed by atoms with Gasteiger partial charge >= 0.3 is 0 Å². The molecule has 20 heavy (non-hydrogen) atoms. The van der Waals surface area contributed by atoms with Crippen LogP contribution in [0.5, 0.6) is 5.75 Å². The first-order valence-electron chi connectivity index (χ1n) is 7.39. The molecule has 110 valence electrons. The number of nitrogens with one attached hydrogen (secondary N) is 1. The molecule has 0 radical (unpaired) electrons. The summed E-state index contributed by atoms with van der Waals surface area (Å²) in [6, 6.07) is 4.97. The second-order valence-electron chi connectivity index (χ2n) is 5.22. The number of benzene rings is 1. The summed E-state index contributed by atoms with van der Waals surface area (Å²) in [6.07, 6.45) is 4.96. The number of carbonyl (C=O) groups is 1. The minimum atomic E-state index is -0.341. The van der Waals surface area contributed by atoms with Crippen LogP contribution >= 0.6 is 0 Å². The van der Waals surface area contributed by atoms with Gasteiger partial charge in [0.2, 0.25) is 5.91 Å². The maximum atomic E-state index is 13.7. The summed E-state index contributed by atoms with van der Waals surface area (Å²) >= 11 is 0. The van der Waals surface area contributed by atoms with Crippen molar-refractivity contribution in [1.82, 2.24) is 5.32 Å². The summed E-state index contributed by atoms with van der Waals surface area (Å²) in [7, 11) is 0. The van der Waals surface area contributed by atoms with Crippen LogP contribution in [-0.2, 0) is 11.2 Å². The average molecular weight is 279 g/mol. The van der Waals surface area contributed by atoms with E-state index in [0.29, 0.717) is 19.6 Å². The Bertz CT molecular complexity index is 456. The second-order valence-corrected chi connectivity index (χ2v) is 5.22. The fraction of sp³-hybridized carbons (Fsp3) is 0.562. The van der Waals surface area contributed by atoms with Gasteiger partial charge in [0.25, 0.3) is 0 Å². The van der Waals surface area contributed by atoms with Gasteiger partial charge in [-0.05, 0) is 43.9 Å². The molecule has 4 heteroatoms. The SMILES string of the molecule is CCOc1ccc(CCNC(=O)C2CCCC2)cc1F. The lowest BCUT2D eigenvalue weighted by atomic mass is 10.1. The molecule has 3 nitrogen and oxygen atoms in total. The summed E-state index contributed by atoms with van der Waals surface area (Å²) in [5.41, 5.74) is 0.873. The normalized spacial score (nSPS) is 15.3. The molecular formula is C16H22FNO2. The van der Waals surface area contributed by atoms with E-state index in [4.69, 9.17) is 4.74 Å². The first kappa shape index (κ1) is 14.8. The Balaban J connectivity index is 1.79. The monoisotopic (exact) mass is 279 g/mol. The predicted molar refractivity (Wildman–Crippen MR) is 76.2 cm³/mol. The van der Waals surface area contributed by atoms with Crippen molar-refractivity contribution in [2.45, 2.75) is 39.0 Å². The van der Waals surface area contributed by atoms with Crippen LogP contribution in [0.3, 0.4) is 0 Å². The topological polar surface area (TPSA) is 38.3 Å². The number of halogens is 1. The largest absolute Gasteiger partial charge is 0.491 e. The Morgan fingerprint density at radius 2 is 2.15 bits per heavy atom. The van der Waals surface area contributed by atoms with Gasteiger partial charge in [0, 0.05) is 12.5 Å². The minimum absolute atomic E-state index is 0.147. The van der Waals surface area contributed by atoms with E-state index < -0.39 is 0 Å². The maximum absolute atomic E-state index is 13.7. The van der Waals surface area contributed by atoms with Crippen molar-refractivity contribution >= 4 is 5.91 Å². The molecule has 1 saturated carbocycles. The van der Waals surface area contributed by atoms with Crippen molar-refractivity contribution in [1.29, 1.82) is 0 Å². The van der Waals surface area contributed by atoms with Gasteiger partial charge in [-0.2, -0.15) is 0 Å². The van der Waals surface area contributed by atoms with E-state index in [1.54, 1.807) is 6.07 Å². The summed E-state index contributed by atoms with van der Waals surface area (Å²) in [4.78, 5) is 11.8. The van der Waals surface area contributed by atoms with Gasteiger partial charge in [-0.25, -0.2) is 4.39 Å². The summed E-state index contributed by atoms with van der Waals surface area (Å²) in [5.74, 6) is 0.277. The maximum Gasteiger partial charge on any atom is 0.223 e. The highest BCUT2D eigenvalue weighted by Gasteiger charge is 2.21. The van der Waals surface area contributed by atoms with Crippen molar-refractivity contribution in [2.75, 3.05) is 13.2 Å². The van der Waals surface area contributed by atoms with Crippen molar-refractivity contribution in [2.24, 2.45) is 5.92 Å². The Kier molecular flexibility index (Phi) is 5.39. The van der Waals surface area contributed by atoms with Gasteiger partial charge in [-0.15, -0.1) is 0 Å². The van der Waals surface area contributed by atoms with Crippen molar-refractivity contribution in [3.8, 4) is 5.75 Å². The molecule has 0 aromatic heterocycles. The highest BCUT2D eigenvalue weighted by molar-refractivity contribution is 5.78. The van der Waals surface area contributed by atoms with Crippen molar-refractivity contribution < 1.29 is 13.9 Å². The van der Waals surface area contributed by atoms with E-state index in [1.807, 2.05) is 13.0 Å². The third-order valence-corrected chi connectivity index (χ3v) is 3.74. The molecule has 0 bridgehead atoms. The number of amides is 1. The van der Waals surface area contributed by atoms with Gasteiger partial charge in [0.1, 0.15) is 0 Å². The molecule has 1 amide bonds. The van der Waals surface area contributed by atoms with Gasteiger partial charge in [0.05, 0.1) is 6.61 Å². The van der Waals surface area contributed by atoms with E-state index in [2.05, 4.69) is 5.32 Å². The van der Waals surface area contributed by atoms with E-state index >= 15 is 0 Å². The molecule has 1 aromatic carbocycles. The zero-order chi connectivity index (χ0) is 14.4. The molecule has 0 spiro atoms. The zero-order valence-electron chi connectivity index (χ0n) is 12.0. The third-order valence-electron chi connectivity index (χ3n) is 3.74. The predicted octanol–water partition coefficient (Wildman–Crippen LogP) is 3.07. The molecule has 1 aromatic rings. The number of rotatable bonds is 6. The van der Waals surface area contributed by atoms with Crippen LogP contribution in [0.15, 0.2) is 18.2 Å². The standard InChI is InChI=1S/C16H22FNO2/c1-2-20-15-8-7-12(11-14(15)17)9-10-18-16(19)13-5-3-4-6-13/h7-8,11,13H,2-6,9-10H2,1H3,(H,18,19). The summed E-state index contributed by atoms with van der Waals surface area (Å²) in [6.45, 7) is 2.84. The van der Waals surface area contributed by atoms with E-state index in [1.165, 1.54) is 6.07 Å². The number of ether oxygens (including phenoxy) is 1. The fourth-order valence-electron chi connectivity index (χ4n) is 2.63. The molecule has 0 saturated heterocycles. The molecule has 0 heterocycles. The average Bonchev–Trinajstić information content (AvgIpc) is 2.96. The second kappa shape index (κ2) is 7.27. The number of hydrogen-bond acceptors (Lipinski definition) is 2. The first-order chi connectivity index (χ1) is 9.70. The van der Waals surface area contributed by atoms with Crippen LogP contribution in [-0.4, -0.2) is 19.1 Å². The van der Waals surface area contributed by atoms with Crippen LogP contribution in [0.4, 0.5) is 4.39 Å². The Morgan fingerprint density at radius 3 is 2.80 bits per heavy atom. The van der Waals surface area contributed by atoms with Crippen LogP contribution in [0, 0.1) is 11.7 Å². The third kappa shape index (κ3) is 3.95. The lowest BCUT2D eigenvalue weighted by molar-refractivity contribution is -0.124. The van der Waals surface area contributed by atoms with Crippen molar-refractivity contribution in [3.05, 3.63) is 29.6 Å². The molecule has 1 N–H and O–H groups in total. The highest BCUT2D eigenvalue weighted by atomic mass is 19.1. The van der Waals surface area contributed by atoms with Crippen LogP contribution in [0.1, 0.15) is 38.2 Å².